The molecule has 0 aliphatic heterocycles. The predicted octanol–water partition coefficient (Wildman–Crippen LogP) is -0.445. The van der Waals surface area contributed by atoms with Crippen LogP contribution in [-0.4, -0.2) is 18.6 Å². The first-order valence-electron chi connectivity index (χ1n) is 4.81. The first-order chi connectivity index (χ1) is 7.50. The molecule has 8 N–H and O–H groups in total. The maximum absolute atomic E-state index is 5.85. The van der Waals surface area contributed by atoms with Crippen molar-refractivity contribution in [1.82, 2.24) is 5.01 Å². The Kier molecular flexibility index (Phi) is 3.98. The molecule has 0 aliphatic carbocycles. The summed E-state index contributed by atoms with van der Waals surface area (Å²) in [4.78, 5) is 0. The second-order valence-corrected chi connectivity index (χ2v) is 3.56. The number of hydrogen-bond donors (Lipinski definition) is 4. The molecule has 0 fully saturated rings. The van der Waals surface area contributed by atoms with Gasteiger partial charge in [0.15, 0.2) is 0 Å². The Hall–Kier alpha value is -1.92. The summed E-state index contributed by atoms with van der Waals surface area (Å²) >= 11 is 0. The number of anilines is 2. The van der Waals surface area contributed by atoms with Crippen molar-refractivity contribution in [1.29, 1.82) is 0 Å². The second kappa shape index (κ2) is 5.24. The van der Waals surface area contributed by atoms with Crippen molar-refractivity contribution >= 4 is 11.4 Å². The lowest BCUT2D eigenvalue weighted by Crippen LogP contribution is -2.36. The molecule has 0 amide bonds. The summed E-state index contributed by atoms with van der Waals surface area (Å²) in [6.45, 7) is 0.357. The highest BCUT2D eigenvalue weighted by atomic mass is 15.4. The van der Waals surface area contributed by atoms with Crippen LogP contribution in [0.4, 0.5) is 11.4 Å². The van der Waals surface area contributed by atoms with Crippen LogP contribution in [0.1, 0.15) is 0 Å². The molecule has 0 radical (unpaired) electrons. The number of para-hydroxylation sites is 2. The maximum Gasteiger partial charge on any atom is 0.0753 e. The minimum Gasteiger partial charge on any atom is -0.399 e. The SMILES string of the molecule is CN(N)/C=C(\N)CN(N)c1ccccc1N. The van der Waals surface area contributed by atoms with Gasteiger partial charge < -0.3 is 21.5 Å². The molecule has 0 saturated carbocycles. The average Bonchev–Trinajstić information content (AvgIpc) is 2.16. The van der Waals surface area contributed by atoms with E-state index in [1.165, 1.54) is 10.0 Å². The Balaban J connectivity index is 2.73. The van der Waals surface area contributed by atoms with Gasteiger partial charge in [0.05, 0.1) is 17.9 Å². The molecule has 0 atom stereocenters. The van der Waals surface area contributed by atoms with Crippen LogP contribution in [0.5, 0.6) is 0 Å². The van der Waals surface area contributed by atoms with Crippen molar-refractivity contribution in [3.8, 4) is 0 Å². The molecule has 0 bridgehead atoms. The fraction of sp³-hybridized carbons (Fsp3) is 0.200. The third-order valence-corrected chi connectivity index (χ3v) is 1.97. The van der Waals surface area contributed by atoms with Crippen LogP contribution in [0.25, 0.3) is 0 Å². The summed E-state index contributed by atoms with van der Waals surface area (Å²) in [5.41, 5.74) is 13.4. The van der Waals surface area contributed by atoms with Gasteiger partial charge in [0.1, 0.15) is 0 Å². The fourth-order valence-corrected chi connectivity index (χ4v) is 1.33. The van der Waals surface area contributed by atoms with Crippen LogP contribution in [-0.2, 0) is 0 Å². The molecule has 0 saturated heterocycles. The van der Waals surface area contributed by atoms with Crippen LogP contribution in [0.3, 0.4) is 0 Å². The van der Waals surface area contributed by atoms with E-state index in [0.29, 0.717) is 17.9 Å². The lowest BCUT2D eigenvalue weighted by molar-refractivity contribution is 0.478. The van der Waals surface area contributed by atoms with Gasteiger partial charge in [0.2, 0.25) is 0 Å². The molecule has 1 aromatic carbocycles. The van der Waals surface area contributed by atoms with Crippen LogP contribution in [0.15, 0.2) is 36.2 Å². The molecular weight excluding hydrogens is 204 g/mol. The normalized spacial score (nSPS) is 11.3. The molecule has 0 aromatic heterocycles. The summed E-state index contributed by atoms with van der Waals surface area (Å²) in [6.07, 6.45) is 1.60. The zero-order chi connectivity index (χ0) is 12.1. The van der Waals surface area contributed by atoms with E-state index < -0.39 is 0 Å². The zero-order valence-corrected chi connectivity index (χ0v) is 9.30. The van der Waals surface area contributed by atoms with Crippen molar-refractivity contribution in [2.75, 3.05) is 24.3 Å². The Bertz CT molecular complexity index is 373. The number of nitrogens with zero attached hydrogens (tertiary/aromatic N) is 2. The minimum absolute atomic E-state index is 0.357. The van der Waals surface area contributed by atoms with Gasteiger partial charge in [-0.25, -0.2) is 11.7 Å². The van der Waals surface area contributed by atoms with E-state index in [-0.39, 0.29) is 0 Å². The smallest absolute Gasteiger partial charge is 0.0753 e. The average molecular weight is 222 g/mol. The van der Waals surface area contributed by atoms with Crippen LogP contribution in [0.2, 0.25) is 0 Å². The first-order valence-corrected chi connectivity index (χ1v) is 4.81. The summed E-state index contributed by atoms with van der Waals surface area (Å²) < 4.78 is 0. The van der Waals surface area contributed by atoms with E-state index in [9.17, 15) is 0 Å². The van der Waals surface area contributed by atoms with Gasteiger partial charge in [-0.15, -0.1) is 0 Å². The van der Waals surface area contributed by atoms with Crippen molar-refractivity contribution in [3.05, 3.63) is 36.2 Å². The predicted molar refractivity (Wildman–Crippen MR) is 66.6 cm³/mol. The quantitative estimate of drug-likeness (QED) is 0.312. The van der Waals surface area contributed by atoms with Gasteiger partial charge in [0, 0.05) is 18.9 Å². The molecular formula is C10H18N6. The number of nitrogen functional groups attached to an aromatic ring is 1. The molecule has 88 valence electrons. The van der Waals surface area contributed by atoms with E-state index in [1.807, 2.05) is 18.2 Å². The number of benzene rings is 1. The number of rotatable bonds is 4. The molecule has 6 nitrogen and oxygen atoms in total. The standard InChI is InChI=1S/C10H18N6/c1-15(13)6-8(11)7-16(14)10-5-3-2-4-9(10)12/h2-6H,7,11-14H2,1H3/b8-6-. The highest BCUT2D eigenvalue weighted by Gasteiger charge is 2.05. The Morgan fingerprint density at radius 3 is 2.50 bits per heavy atom. The first kappa shape index (κ1) is 12.2. The van der Waals surface area contributed by atoms with Crippen molar-refractivity contribution in [3.63, 3.8) is 0 Å². The van der Waals surface area contributed by atoms with E-state index >= 15 is 0 Å². The van der Waals surface area contributed by atoms with Crippen molar-refractivity contribution in [2.45, 2.75) is 0 Å². The van der Waals surface area contributed by atoms with Gasteiger partial charge in [-0.05, 0) is 12.1 Å². The number of hydrazine groups is 2. The van der Waals surface area contributed by atoms with Gasteiger partial charge in [-0.2, -0.15) is 0 Å². The van der Waals surface area contributed by atoms with E-state index in [4.69, 9.17) is 23.2 Å². The van der Waals surface area contributed by atoms with Crippen molar-refractivity contribution in [2.24, 2.45) is 17.4 Å². The van der Waals surface area contributed by atoms with Crippen molar-refractivity contribution < 1.29 is 0 Å². The number of nitrogens with two attached hydrogens (primary N) is 4. The Morgan fingerprint density at radius 2 is 1.94 bits per heavy atom. The van der Waals surface area contributed by atoms with Gasteiger partial charge >= 0.3 is 0 Å². The van der Waals surface area contributed by atoms with Gasteiger partial charge in [0.25, 0.3) is 0 Å². The topological polar surface area (TPSA) is 111 Å². The number of hydrogen-bond acceptors (Lipinski definition) is 6. The Morgan fingerprint density at radius 1 is 1.31 bits per heavy atom. The molecule has 0 spiro atoms. The molecule has 1 aromatic rings. The van der Waals surface area contributed by atoms with Crippen LogP contribution < -0.4 is 28.2 Å². The summed E-state index contributed by atoms with van der Waals surface area (Å²) in [5.74, 6) is 11.3. The molecule has 0 aliphatic rings. The van der Waals surface area contributed by atoms with E-state index in [2.05, 4.69) is 0 Å². The fourth-order valence-electron chi connectivity index (χ4n) is 1.33. The largest absolute Gasteiger partial charge is 0.399 e. The van der Waals surface area contributed by atoms with E-state index in [0.717, 1.165) is 5.69 Å². The van der Waals surface area contributed by atoms with Crippen LogP contribution >= 0.6 is 0 Å². The lowest BCUT2D eigenvalue weighted by atomic mass is 10.2. The minimum atomic E-state index is 0.357. The molecule has 16 heavy (non-hydrogen) atoms. The third kappa shape index (κ3) is 3.34. The Labute approximate surface area is 95.0 Å². The molecule has 0 unspecified atom stereocenters. The van der Waals surface area contributed by atoms with Crippen LogP contribution in [0, 0.1) is 0 Å². The van der Waals surface area contributed by atoms with Gasteiger partial charge in [-0.3, -0.25) is 0 Å². The second-order valence-electron chi connectivity index (χ2n) is 3.56. The zero-order valence-electron chi connectivity index (χ0n) is 9.30. The summed E-state index contributed by atoms with van der Waals surface area (Å²) in [7, 11) is 1.69. The highest BCUT2D eigenvalue weighted by molar-refractivity contribution is 5.66. The third-order valence-electron chi connectivity index (χ3n) is 1.97. The molecule has 1 rings (SSSR count). The molecule has 0 heterocycles. The summed E-state index contributed by atoms with van der Waals surface area (Å²) in [5, 5.41) is 2.85. The van der Waals surface area contributed by atoms with Gasteiger partial charge in [-0.1, -0.05) is 12.1 Å². The lowest BCUT2D eigenvalue weighted by Gasteiger charge is -2.21. The monoisotopic (exact) mass is 222 g/mol. The highest BCUT2D eigenvalue weighted by Crippen LogP contribution is 2.19. The van der Waals surface area contributed by atoms with E-state index in [1.54, 1.807) is 19.3 Å². The maximum atomic E-state index is 5.85. The summed E-state index contributed by atoms with van der Waals surface area (Å²) in [6, 6.07) is 7.32. The molecule has 6 heteroatoms.